The van der Waals surface area contributed by atoms with Crippen molar-refractivity contribution in [3.8, 4) is 5.75 Å². The molecule has 0 fully saturated rings. The highest BCUT2D eigenvalue weighted by Crippen LogP contribution is 2.34. The van der Waals surface area contributed by atoms with Crippen molar-refractivity contribution in [2.24, 2.45) is 0 Å². The maximum Gasteiger partial charge on any atom is 0.272 e. The van der Waals surface area contributed by atoms with Crippen molar-refractivity contribution < 1.29 is 14.5 Å². The van der Waals surface area contributed by atoms with Gasteiger partial charge in [0.15, 0.2) is 6.61 Å². The average molecular weight is 344 g/mol. The van der Waals surface area contributed by atoms with Gasteiger partial charge in [0.05, 0.1) is 10.6 Å². The quantitative estimate of drug-likeness (QED) is 0.628. The third-order valence-corrected chi connectivity index (χ3v) is 4.80. The van der Waals surface area contributed by atoms with Gasteiger partial charge < -0.3 is 9.64 Å². The molecule has 0 radical (unpaired) electrons. The maximum atomic E-state index is 12.5. The topological polar surface area (TPSA) is 72.7 Å². The third-order valence-electron chi connectivity index (χ3n) is 3.76. The first kappa shape index (κ1) is 16.3. The van der Waals surface area contributed by atoms with Crippen molar-refractivity contribution >= 4 is 29.0 Å². The molecule has 1 aliphatic rings. The number of carbonyl (C=O) groups is 1. The van der Waals surface area contributed by atoms with Crippen LogP contribution in [0.15, 0.2) is 47.4 Å². The Morgan fingerprint density at radius 2 is 2.12 bits per heavy atom. The van der Waals surface area contributed by atoms with Gasteiger partial charge in [-0.1, -0.05) is 12.1 Å². The molecule has 1 heterocycles. The molecule has 0 saturated carbocycles. The third kappa shape index (κ3) is 3.35. The molecule has 0 aromatic heterocycles. The summed E-state index contributed by atoms with van der Waals surface area (Å²) in [6.45, 7) is 2.18. The summed E-state index contributed by atoms with van der Waals surface area (Å²) in [4.78, 5) is 25.7. The summed E-state index contributed by atoms with van der Waals surface area (Å²) in [5.74, 6) is 1.17. The molecule has 0 bridgehead atoms. The Labute approximate surface area is 143 Å². The van der Waals surface area contributed by atoms with E-state index >= 15 is 0 Å². The van der Waals surface area contributed by atoms with Crippen LogP contribution in [0.3, 0.4) is 0 Å². The number of carbonyl (C=O) groups excluding carboxylic acids is 1. The molecule has 0 aliphatic carbocycles. The Bertz CT molecular complexity index is 794. The number of fused-ring (bicyclic) bond motifs is 1. The molecule has 6 nitrogen and oxygen atoms in total. The molecule has 3 rings (SSSR count). The van der Waals surface area contributed by atoms with E-state index in [4.69, 9.17) is 4.74 Å². The summed E-state index contributed by atoms with van der Waals surface area (Å²) in [6.07, 6.45) is 0. The van der Waals surface area contributed by atoms with Crippen LogP contribution in [0.1, 0.15) is 5.56 Å². The first-order valence-electron chi connectivity index (χ1n) is 7.46. The molecule has 2 aromatic rings. The minimum absolute atomic E-state index is 0.0376. The van der Waals surface area contributed by atoms with E-state index in [2.05, 4.69) is 0 Å². The summed E-state index contributed by atoms with van der Waals surface area (Å²) >= 11 is 1.73. The summed E-state index contributed by atoms with van der Waals surface area (Å²) in [5.41, 5.74) is 1.45. The fourth-order valence-corrected chi connectivity index (χ4v) is 3.57. The van der Waals surface area contributed by atoms with E-state index in [1.165, 1.54) is 12.1 Å². The Morgan fingerprint density at radius 1 is 1.33 bits per heavy atom. The van der Waals surface area contributed by atoms with Gasteiger partial charge in [0.2, 0.25) is 0 Å². The molecule has 0 spiro atoms. The lowest BCUT2D eigenvalue weighted by Gasteiger charge is -2.28. The van der Waals surface area contributed by atoms with Crippen molar-refractivity contribution in [2.45, 2.75) is 11.8 Å². The van der Waals surface area contributed by atoms with Gasteiger partial charge in [0, 0.05) is 28.8 Å². The standard InChI is InChI=1S/C17H16N2O4S/c1-12-10-13(6-7-14(12)19(21)22)23-11-17(20)18-8-9-24-16-5-3-2-4-15(16)18/h2-7,10H,8-9,11H2,1H3. The van der Waals surface area contributed by atoms with Gasteiger partial charge in [0.1, 0.15) is 5.75 Å². The fraction of sp³-hybridized carbons (Fsp3) is 0.235. The summed E-state index contributed by atoms with van der Waals surface area (Å²) in [6, 6.07) is 12.3. The minimum atomic E-state index is -0.438. The smallest absolute Gasteiger partial charge is 0.272 e. The minimum Gasteiger partial charge on any atom is -0.484 e. The number of nitro groups is 1. The Kier molecular flexibility index (Phi) is 4.71. The molecule has 124 valence electrons. The number of aryl methyl sites for hydroxylation is 1. The van der Waals surface area contributed by atoms with Crippen LogP contribution in [0.25, 0.3) is 0 Å². The maximum absolute atomic E-state index is 12.5. The van der Waals surface area contributed by atoms with Crippen LogP contribution < -0.4 is 9.64 Å². The highest BCUT2D eigenvalue weighted by atomic mass is 32.2. The normalized spacial score (nSPS) is 13.3. The van der Waals surface area contributed by atoms with E-state index in [0.29, 0.717) is 17.9 Å². The van der Waals surface area contributed by atoms with Crippen molar-refractivity contribution in [3.05, 3.63) is 58.1 Å². The number of hydrogen-bond donors (Lipinski definition) is 0. The number of anilines is 1. The number of para-hydroxylation sites is 1. The van der Waals surface area contributed by atoms with Crippen LogP contribution >= 0.6 is 11.8 Å². The summed E-state index contributed by atoms with van der Waals surface area (Å²) < 4.78 is 5.53. The van der Waals surface area contributed by atoms with Crippen LogP contribution in [0.5, 0.6) is 5.75 Å². The number of benzene rings is 2. The van der Waals surface area contributed by atoms with Gasteiger partial charge >= 0.3 is 0 Å². The highest BCUT2D eigenvalue weighted by Gasteiger charge is 2.23. The number of rotatable bonds is 4. The Balaban J connectivity index is 1.68. The second-order valence-electron chi connectivity index (χ2n) is 5.36. The average Bonchev–Trinajstić information content (AvgIpc) is 2.59. The summed E-state index contributed by atoms with van der Waals surface area (Å²) in [7, 11) is 0. The monoisotopic (exact) mass is 344 g/mol. The molecular formula is C17H16N2O4S. The SMILES string of the molecule is Cc1cc(OCC(=O)N2CCSc3ccccc32)ccc1[N+](=O)[O-]. The lowest BCUT2D eigenvalue weighted by molar-refractivity contribution is -0.385. The second-order valence-corrected chi connectivity index (χ2v) is 6.49. The van der Waals surface area contributed by atoms with Gasteiger partial charge in [-0.15, -0.1) is 11.8 Å². The van der Waals surface area contributed by atoms with Crippen LogP contribution in [0, 0.1) is 17.0 Å². The van der Waals surface area contributed by atoms with Gasteiger partial charge in [0.25, 0.3) is 11.6 Å². The van der Waals surface area contributed by atoms with Gasteiger partial charge in [-0.25, -0.2) is 0 Å². The number of thioether (sulfide) groups is 1. The Hall–Kier alpha value is -2.54. The van der Waals surface area contributed by atoms with Crippen LogP contribution in [-0.4, -0.2) is 29.7 Å². The second kappa shape index (κ2) is 6.92. The van der Waals surface area contributed by atoms with E-state index in [1.807, 2.05) is 24.3 Å². The number of amides is 1. The molecule has 0 saturated heterocycles. The molecule has 24 heavy (non-hydrogen) atoms. The zero-order chi connectivity index (χ0) is 17.1. The van der Waals surface area contributed by atoms with E-state index in [9.17, 15) is 14.9 Å². The molecular weight excluding hydrogens is 328 g/mol. The van der Waals surface area contributed by atoms with Crippen molar-refractivity contribution in [1.82, 2.24) is 0 Å². The lowest BCUT2D eigenvalue weighted by Crippen LogP contribution is -2.38. The highest BCUT2D eigenvalue weighted by molar-refractivity contribution is 7.99. The number of ether oxygens (including phenoxy) is 1. The largest absolute Gasteiger partial charge is 0.484 e. The molecule has 0 N–H and O–H groups in total. The summed E-state index contributed by atoms with van der Waals surface area (Å²) in [5, 5.41) is 10.8. The van der Waals surface area contributed by atoms with E-state index < -0.39 is 4.92 Å². The van der Waals surface area contributed by atoms with Gasteiger partial charge in [-0.05, 0) is 31.2 Å². The van der Waals surface area contributed by atoms with Crippen molar-refractivity contribution in [2.75, 3.05) is 23.8 Å². The van der Waals surface area contributed by atoms with Crippen LogP contribution in [-0.2, 0) is 4.79 Å². The van der Waals surface area contributed by atoms with E-state index in [-0.39, 0.29) is 18.2 Å². The van der Waals surface area contributed by atoms with E-state index in [1.54, 1.807) is 29.7 Å². The van der Waals surface area contributed by atoms with Gasteiger partial charge in [-0.2, -0.15) is 0 Å². The van der Waals surface area contributed by atoms with Gasteiger partial charge in [-0.3, -0.25) is 14.9 Å². The fourth-order valence-electron chi connectivity index (χ4n) is 2.57. The molecule has 0 unspecified atom stereocenters. The number of hydrogen-bond acceptors (Lipinski definition) is 5. The lowest BCUT2D eigenvalue weighted by atomic mass is 10.2. The predicted octanol–water partition coefficient (Wildman–Crippen LogP) is 3.42. The predicted molar refractivity (Wildman–Crippen MR) is 92.8 cm³/mol. The van der Waals surface area contributed by atoms with Crippen molar-refractivity contribution in [3.63, 3.8) is 0 Å². The number of nitro benzene ring substituents is 1. The van der Waals surface area contributed by atoms with Crippen LogP contribution in [0.4, 0.5) is 11.4 Å². The Morgan fingerprint density at radius 3 is 2.88 bits per heavy atom. The van der Waals surface area contributed by atoms with Crippen LogP contribution in [0.2, 0.25) is 0 Å². The molecule has 1 aliphatic heterocycles. The molecule has 0 atom stereocenters. The first-order valence-corrected chi connectivity index (χ1v) is 8.45. The zero-order valence-corrected chi connectivity index (χ0v) is 13.9. The molecule has 1 amide bonds. The molecule has 2 aromatic carbocycles. The zero-order valence-electron chi connectivity index (χ0n) is 13.1. The van der Waals surface area contributed by atoms with Crippen molar-refractivity contribution in [1.29, 1.82) is 0 Å². The van der Waals surface area contributed by atoms with E-state index in [0.717, 1.165) is 16.3 Å². The molecule has 7 heteroatoms. The number of nitrogens with zero attached hydrogens (tertiary/aromatic N) is 2. The first-order chi connectivity index (χ1) is 11.6.